The molecule has 4 rings (SSSR count). The summed E-state index contributed by atoms with van der Waals surface area (Å²) in [6.45, 7) is -0.624. The lowest BCUT2D eigenvalue weighted by molar-refractivity contribution is -0.139. The van der Waals surface area contributed by atoms with E-state index in [0.29, 0.717) is 5.56 Å². The summed E-state index contributed by atoms with van der Waals surface area (Å²) < 4.78 is 5.57. The summed E-state index contributed by atoms with van der Waals surface area (Å²) in [5, 5.41) is 11.4. The van der Waals surface area contributed by atoms with Crippen LogP contribution in [0.15, 0.2) is 72.8 Å². The minimum Gasteiger partial charge on any atom is -0.481 e. The molecule has 29 heavy (non-hydrogen) atoms. The zero-order valence-corrected chi connectivity index (χ0v) is 15.3. The molecule has 1 aliphatic heterocycles. The third-order valence-electron chi connectivity index (χ3n) is 4.80. The van der Waals surface area contributed by atoms with Crippen LogP contribution in [0.25, 0.3) is 0 Å². The zero-order valence-electron chi connectivity index (χ0n) is 15.3. The van der Waals surface area contributed by atoms with Crippen molar-refractivity contribution in [3.8, 4) is 5.75 Å². The highest BCUT2D eigenvalue weighted by atomic mass is 16.5. The van der Waals surface area contributed by atoms with Crippen LogP contribution in [0.3, 0.4) is 0 Å². The van der Waals surface area contributed by atoms with Crippen LogP contribution >= 0.6 is 0 Å². The molecule has 1 aliphatic rings. The van der Waals surface area contributed by atoms with Crippen molar-refractivity contribution in [2.24, 2.45) is 0 Å². The van der Waals surface area contributed by atoms with E-state index in [1.807, 2.05) is 60.7 Å². The minimum atomic E-state index is -1.17. The van der Waals surface area contributed by atoms with Crippen molar-refractivity contribution < 1.29 is 24.2 Å². The maximum Gasteiger partial charge on any atom is 0.341 e. The van der Waals surface area contributed by atoms with E-state index in [1.54, 1.807) is 12.1 Å². The molecule has 2 amide bonds. The van der Waals surface area contributed by atoms with Crippen molar-refractivity contribution in [1.29, 1.82) is 0 Å². The Kier molecular flexibility index (Phi) is 4.83. The smallest absolute Gasteiger partial charge is 0.341 e. The highest BCUT2D eigenvalue weighted by molar-refractivity contribution is 6.23. The Morgan fingerprint density at radius 3 is 2.00 bits per heavy atom. The standard InChI is InChI=1S/C23H17NO5/c25-18(26)13-29-21-16(11-12-17-20(21)23(28)24-22(17)27)19(14-7-3-1-4-8-14)15-9-5-2-6-10-15/h1-12,19H,13H2,(H,25,26)(H,24,27,28). The number of fused-ring (bicyclic) bond motifs is 1. The van der Waals surface area contributed by atoms with Crippen molar-refractivity contribution in [3.63, 3.8) is 0 Å². The summed E-state index contributed by atoms with van der Waals surface area (Å²) in [6.07, 6.45) is 0. The van der Waals surface area contributed by atoms with Gasteiger partial charge in [0.25, 0.3) is 11.8 Å². The molecule has 6 heteroatoms. The van der Waals surface area contributed by atoms with E-state index in [2.05, 4.69) is 5.32 Å². The second-order valence-corrected chi connectivity index (χ2v) is 6.63. The van der Waals surface area contributed by atoms with Crippen LogP contribution in [-0.4, -0.2) is 29.5 Å². The maximum atomic E-state index is 12.4. The summed E-state index contributed by atoms with van der Waals surface area (Å²) in [7, 11) is 0. The molecular formula is C23H17NO5. The second kappa shape index (κ2) is 7.59. The van der Waals surface area contributed by atoms with Gasteiger partial charge in [-0.25, -0.2) is 4.79 Å². The summed E-state index contributed by atoms with van der Waals surface area (Å²) >= 11 is 0. The van der Waals surface area contributed by atoms with E-state index >= 15 is 0 Å². The molecule has 0 aromatic heterocycles. The number of ether oxygens (including phenoxy) is 1. The number of carboxylic acids is 1. The Morgan fingerprint density at radius 2 is 1.45 bits per heavy atom. The third-order valence-corrected chi connectivity index (χ3v) is 4.80. The van der Waals surface area contributed by atoms with Crippen molar-refractivity contribution in [1.82, 2.24) is 5.32 Å². The van der Waals surface area contributed by atoms with Crippen molar-refractivity contribution in [2.75, 3.05) is 6.61 Å². The van der Waals surface area contributed by atoms with Gasteiger partial charge in [-0.05, 0) is 17.2 Å². The van der Waals surface area contributed by atoms with Gasteiger partial charge in [0.1, 0.15) is 5.75 Å². The van der Waals surface area contributed by atoms with Gasteiger partial charge < -0.3 is 9.84 Å². The first-order chi connectivity index (χ1) is 14.1. The summed E-state index contributed by atoms with van der Waals surface area (Å²) in [6, 6.07) is 22.6. The Labute approximate surface area is 166 Å². The molecule has 1 heterocycles. The van der Waals surface area contributed by atoms with Crippen molar-refractivity contribution in [2.45, 2.75) is 5.92 Å². The van der Waals surface area contributed by atoms with Gasteiger partial charge in [0.05, 0.1) is 11.1 Å². The van der Waals surface area contributed by atoms with Crippen LogP contribution in [0.2, 0.25) is 0 Å². The van der Waals surface area contributed by atoms with Crippen LogP contribution in [0.1, 0.15) is 43.3 Å². The highest BCUT2D eigenvalue weighted by Crippen LogP contribution is 2.41. The van der Waals surface area contributed by atoms with Crippen LogP contribution in [-0.2, 0) is 4.79 Å². The quantitative estimate of drug-likeness (QED) is 0.500. The molecule has 0 bridgehead atoms. The first-order valence-corrected chi connectivity index (χ1v) is 9.03. The SMILES string of the molecule is O=C(O)COc1c(C(c2ccccc2)c2ccccc2)ccc2c1C(=O)NC2=O. The summed E-state index contributed by atoms with van der Waals surface area (Å²) in [4.78, 5) is 35.7. The number of carboxylic acid groups (broad SMARTS) is 1. The predicted octanol–water partition coefficient (Wildman–Crippen LogP) is 3.21. The van der Waals surface area contributed by atoms with E-state index in [0.717, 1.165) is 11.1 Å². The lowest BCUT2D eigenvalue weighted by Gasteiger charge is -2.23. The molecule has 3 aromatic carbocycles. The van der Waals surface area contributed by atoms with Gasteiger partial charge in [0.15, 0.2) is 6.61 Å². The van der Waals surface area contributed by atoms with Gasteiger partial charge in [-0.3, -0.25) is 14.9 Å². The molecule has 3 aromatic rings. The monoisotopic (exact) mass is 387 g/mol. The largest absolute Gasteiger partial charge is 0.481 e. The fourth-order valence-electron chi connectivity index (χ4n) is 3.61. The molecule has 0 saturated carbocycles. The molecule has 0 spiro atoms. The highest BCUT2D eigenvalue weighted by Gasteiger charge is 2.34. The molecule has 0 aliphatic carbocycles. The summed E-state index contributed by atoms with van der Waals surface area (Å²) in [5.74, 6) is -2.48. The zero-order chi connectivity index (χ0) is 20.4. The Hall–Kier alpha value is -3.93. The number of rotatable bonds is 6. The van der Waals surface area contributed by atoms with Crippen LogP contribution in [0, 0.1) is 0 Å². The number of hydrogen-bond donors (Lipinski definition) is 2. The minimum absolute atomic E-state index is 0.0746. The van der Waals surface area contributed by atoms with E-state index in [9.17, 15) is 14.4 Å². The Balaban J connectivity index is 1.95. The van der Waals surface area contributed by atoms with Gasteiger partial charge in [-0.15, -0.1) is 0 Å². The number of hydrogen-bond acceptors (Lipinski definition) is 4. The number of amides is 2. The predicted molar refractivity (Wildman–Crippen MR) is 105 cm³/mol. The Morgan fingerprint density at radius 1 is 0.862 bits per heavy atom. The number of benzene rings is 3. The first-order valence-electron chi connectivity index (χ1n) is 9.03. The summed E-state index contributed by atoms with van der Waals surface area (Å²) in [5.41, 5.74) is 2.77. The molecule has 0 unspecified atom stereocenters. The van der Waals surface area contributed by atoms with Gasteiger partial charge in [0.2, 0.25) is 0 Å². The number of aliphatic carboxylic acids is 1. The van der Waals surface area contributed by atoms with Gasteiger partial charge in [-0.2, -0.15) is 0 Å². The third kappa shape index (κ3) is 3.48. The molecule has 0 atom stereocenters. The normalized spacial score (nSPS) is 12.6. The first kappa shape index (κ1) is 18.4. The fraction of sp³-hybridized carbons (Fsp3) is 0.0870. The average molecular weight is 387 g/mol. The number of imide groups is 1. The number of carbonyl (C=O) groups is 3. The van der Waals surface area contributed by atoms with Gasteiger partial charge in [0, 0.05) is 11.5 Å². The Bertz CT molecular complexity index is 1050. The molecular weight excluding hydrogens is 370 g/mol. The van der Waals surface area contributed by atoms with E-state index in [-0.39, 0.29) is 22.8 Å². The van der Waals surface area contributed by atoms with Gasteiger partial charge >= 0.3 is 5.97 Å². The average Bonchev–Trinajstić information content (AvgIpc) is 3.02. The van der Waals surface area contributed by atoms with E-state index < -0.39 is 24.4 Å². The molecule has 144 valence electrons. The number of carbonyl (C=O) groups excluding carboxylic acids is 2. The van der Waals surface area contributed by atoms with Crippen LogP contribution < -0.4 is 10.1 Å². The lowest BCUT2D eigenvalue weighted by atomic mass is 9.83. The van der Waals surface area contributed by atoms with E-state index in [1.165, 1.54) is 0 Å². The molecule has 0 saturated heterocycles. The molecule has 2 N–H and O–H groups in total. The topological polar surface area (TPSA) is 92.7 Å². The van der Waals surface area contributed by atoms with Crippen LogP contribution in [0.5, 0.6) is 5.75 Å². The fourth-order valence-corrected chi connectivity index (χ4v) is 3.61. The van der Waals surface area contributed by atoms with Crippen molar-refractivity contribution >= 4 is 17.8 Å². The number of nitrogens with one attached hydrogen (secondary N) is 1. The van der Waals surface area contributed by atoms with Crippen LogP contribution in [0.4, 0.5) is 0 Å². The van der Waals surface area contributed by atoms with Crippen molar-refractivity contribution in [3.05, 3.63) is 101 Å². The van der Waals surface area contributed by atoms with E-state index in [4.69, 9.17) is 9.84 Å². The maximum absolute atomic E-state index is 12.4. The lowest BCUT2D eigenvalue weighted by Crippen LogP contribution is -2.20. The van der Waals surface area contributed by atoms with Gasteiger partial charge in [-0.1, -0.05) is 66.7 Å². The second-order valence-electron chi connectivity index (χ2n) is 6.63. The molecule has 6 nitrogen and oxygen atoms in total. The molecule has 0 radical (unpaired) electrons. The molecule has 0 fully saturated rings.